The monoisotopic (exact) mass is 343 g/mol. The van der Waals surface area contributed by atoms with Gasteiger partial charge in [-0.3, -0.25) is 9.59 Å². The maximum atomic E-state index is 12.3. The molecule has 0 bridgehead atoms. The number of rotatable bonds is 6. The van der Waals surface area contributed by atoms with Gasteiger partial charge in [0.25, 0.3) is 11.5 Å². The minimum absolute atomic E-state index is 0.166. The first-order valence-corrected chi connectivity index (χ1v) is 8.27. The summed E-state index contributed by atoms with van der Waals surface area (Å²) in [6, 6.07) is 6.45. The number of anilines is 2. The zero-order chi connectivity index (χ0) is 17.6. The molecule has 0 aromatic carbocycles. The maximum Gasteiger partial charge on any atom is 0.276 e. The van der Waals surface area contributed by atoms with Gasteiger partial charge in [-0.15, -0.1) is 0 Å². The van der Waals surface area contributed by atoms with Crippen LogP contribution in [0, 0.1) is 0 Å². The fourth-order valence-electron chi connectivity index (χ4n) is 2.70. The number of nitrogens with zero attached hydrogens (tertiary/aromatic N) is 4. The number of carbonyl (C=O) groups is 1. The van der Waals surface area contributed by atoms with Crippen molar-refractivity contribution in [2.75, 3.05) is 37.0 Å². The predicted octanol–water partition coefficient (Wildman–Crippen LogP) is 1.14. The number of hydrogen-bond acceptors (Lipinski definition) is 6. The van der Waals surface area contributed by atoms with E-state index in [1.54, 1.807) is 13.3 Å². The molecule has 3 rings (SSSR count). The normalized spacial score (nSPS) is 13.9. The van der Waals surface area contributed by atoms with Gasteiger partial charge < -0.3 is 15.0 Å². The van der Waals surface area contributed by atoms with Gasteiger partial charge in [0, 0.05) is 26.3 Å². The van der Waals surface area contributed by atoms with Gasteiger partial charge in [0.05, 0.1) is 25.0 Å². The van der Waals surface area contributed by atoms with Crippen LogP contribution in [-0.2, 0) is 11.3 Å². The summed E-state index contributed by atoms with van der Waals surface area (Å²) >= 11 is 0. The fraction of sp³-hybridized carbons (Fsp3) is 0.412. The lowest BCUT2D eigenvalue weighted by molar-refractivity contribution is 0.101. The Labute approximate surface area is 145 Å². The van der Waals surface area contributed by atoms with Crippen molar-refractivity contribution in [3.63, 3.8) is 0 Å². The smallest absolute Gasteiger partial charge is 0.276 e. The number of ether oxygens (including phenoxy) is 1. The number of hydrogen-bond donors (Lipinski definition) is 1. The van der Waals surface area contributed by atoms with Gasteiger partial charge >= 0.3 is 0 Å². The van der Waals surface area contributed by atoms with E-state index in [4.69, 9.17) is 4.74 Å². The first-order chi connectivity index (χ1) is 12.2. The van der Waals surface area contributed by atoms with Gasteiger partial charge in [0.1, 0.15) is 11.5 Å². The molecule has 8 heteroatoms. The molecule has 2 aromatic heterocycles. The van der Waals surface area contributed by atoms with Crippen molar-refractivity contribution in [3.8, 4) is 0 Å². The Morgan fingerprint density at radius 3 is 2.72 bits per heavy atom. The zero-order valence-corrected chi connectivity index (χ0v) is 14.1. The molecule has 0 aliphatic carbocycles. The van der Waals surface area contributed by atoms with Crippen LogP contribution in [0.5, 0.6) is 0 Å². The summed E-state index contributed by atoms with van der Waals surface area (Å²) in [5.41, 5.74) is 0.481. The molecule has 1 aliphatic heterocycles. The first-order valence-electron chi connectivity index (χ1n) is 8.27. The molecule has 0 radical (unpaired) electrons. The average molecular weight is 343 g/mol. The van der Waals surface area contributed by atoms with Crippen LogP contribution in [0.25, 0.3) is 0 Å². The Kier molecular flexibility index (Phi) is 5.39. The number of methoxy groups -OCH3 is 1. The molecule has 8 nitrogen and oxygen atoms in total. The standard InChI is InChI=1S/C17H21N5O3/c1-25-11-10-22-16(23)7-5-14(20-22)17(24)19-13-4-6-15(18-12-13)21-8-2-3-9-21/h4-7,12H,2-3,8-11H2,1H3,(H,19,24). The Morgan fingerprint density at radius 1 is 1.24 bits per heavy atom. The molecule has 0 atom stereocenters. The van der Waals surface area contributed by atoms with Crippen molar-refractivity contribution in [3.05, 3.63) is 46.5 Å². The lowest BCUT2D eigenvalue weighted by Crippen LogP contribution is -2.27. The Morgan fingerprint density at radius 2 is 2.04 bits per heavy atom. The SMILES string of the molecule is COCCn1nc(C(=O)Nc2ccc(N3CCCC3)nc2)ccc1=O. The Balaban J connectivity index is 1.68. The molecule has 1 fully saturated rings. The van der Waals surface area contributed by atoms with Gasteiger partial charge in [-0.25, -0.2) is 9.67 Å². The second-order valence-corrected chi connectivity index (χ2v) is 5.83. The fourth-order valence-corrected chi connectivity index (χ4v) is 2.70. The molecule has 1 amide bonds. The predicted molar refractivity (Wildman–Crippen MR) is 94.0 cm³/mol. The second-order valence-electron chi connectivity index (χ2n) is 5.83. The second kappa shape index (κ2) is 7.89. The van der Waals surface area contributed by atoms with Gasteiger partial charge in [0.15, 0.2) is 0 Å². The highest BCUT2D eigenvalue weighted by molar-refractivity contribution is 6.02. The maximum absolute atomic E-state index is 12.3. The van der Waals surface area contributed by atoms with Crippen LogP contribution in [-0.4, -0.2) is 47.5 Å². The number of nitrogens with one attached hydrogen (secondary N) is 1. The molecular formula is C17H21N5O3. The first kappa shape index (κ1) is 17.1. The van der Waals surface area contributed by atoms with Crippen LogP contribution in [0.15, 0.2) is 35.3 Å². The van der Waals surface area contributed by atoms with Crippen LogP contribution in [0.3, 0.4) is 0 Å². The van der Waals surface area contributed by atoms with Crippen molar-refractivity contribution >= 4 is 17.4 Å². The topological polar surface area (TPSA) is 89.3 Å². The van der Waals surface area contributed by atoms with E-state index in [2.05, 4.69) is 20.3 Å². The lowest BCUT2D eigenvalue weighted by atomic mass is 10.3. The minimum atomic E-state index is -0.387. The van der Waals surface area contributed by atoms with E-state index < -0.39 is 0 Å². The van der Waals surface area contributed by atoms with E-state index >= 15 is 0 Å². The van der Waals surface area contributed by atoms with Crippen LogP contribution >= 0.6 is 0 Å². The third kappa shape index (κ3) is 4.21. The van der Waals surface area contributed by atoms with Crippen molar-refractivity contribution < 1.29 is 9.53 Å². The summed E-state index contributed by atoms with van der Waals surface area (Å²) in [7, 11) is 1.54. The highest BCUT2D eigenvalue weighted by Gasteiger charge is 2.14. The van der Waals surface area contributed by atoms with Crippen molar-refractivity contribution in [1.29, 1.82) is 0 Å². The van der Waals surface area contributed by atoms with E-state index in [1.165, 1.54) is 29.7 Å². The molecule has 25 heavy (non-hydrogen) atoms. The molecule has 132 valence electrons. The molecular weight excluding hydrogens is 322 g/mol. The summed E-state index contributed by atoms with van der Waals surface area (Å²) in [5, 5.41) is 6.82. The molecule has 2 aromatic rings. The van der Waals surface area contributed by atoms with E-state index in [-0.39, 0.29) is 17.2 Å². The van der Waals surface area contributed by atoms with Gasteiger partial charge in [-0.05, 0) is 31.0 Å². The lowest BCUT2D eigenvalue weighted by Gasteiger charge is -2.16. The number of carbonyl (C=O) groups excluding carboxylic acids is 1. The largest absolute Gasteiger partial charge is 0.383 e. The summed E-state index contributed by atoms with van der Waals surface area (Å²) < 4.78 is 6.15. The van der Waals surface area contributed by atoms with Gasteiger partial charge in [0.2, 0.25) is 0 Å². The minimum Gasteiger partial charge on any atom is -0.383 e. The molecule has 0 saturated carbocycles. The summed E-state index contributed by atoms with van der Waals surface area (Å²) in [5.74, 6) is 0.531. The molecule has 0 unspecified atom stereocenters. The van der Waals surface area contributed by atoms with E-state index in [1.807, 2.05) is 12.1 Å². The van der Waals surface area contributed by atoms with Crippen LogP contribution in [0.4, 0.5) is 11.5 Å². The third-order valence-corrected chi connectivity index (χ3v) is 4.04. The van der Waals surface area contributed by atoms with Crippen molar-refractivity contribution in [1.82, 2.24) is 14.8 Å². The Hall–Kier alpha value is -2.74. The van der Waals surface area contributed by atoms with Crippen molar-refractivity contribution in [2.45, 2.75) is 19.4 Å². The summed E-state index contributed by atoms with van der Waals surface area (Å²) in [4.78, 5) is 30.7. The average Bonchev–Trinajstić information content (AvgIpc) is 3.16. The summed E-state index contributed by atoms with van der Waals surface area (Å²) in [6.07, 6.45) is 4.00. The molecule has 1 saturated heterocycles. The van der Waals surface area contributed by atoms with E-state index in [0.29, 0.717) is 18.8 Å². The highest BCUT2D eigenvalue weighted by Crippen LogP contribution is 2.19. The van der Waals surface area contributed by atoms with Gasteiger partial charge in [-0.1, -0.05) is 0 Å². The van der Waals surface area contributed by atoms with E-state index in [9.17, 15) is 9.59 Å². The summed E-state index contributed by atoms with van der Waals surface area (Å²) in [6.45, 7) is 2.68. The number of pyridine rings is 1. The molecule has 0 spiro atoms. The molecule has 3 heterocycles. The van der Waals surface area contributed by atoms with Crippen LogP contribution < -0.4 is 15.8 Å². The number of aromatic nitrogens is 3. The highest BCUT2D eigenvalue weighted by atomic mass is 16.5. The quantitative estimate of drug-likeness (QED) is 0.846. The van der Waals surface area contributed by atoms with E-state index in [0.717, 1.165) is 18.9 Å². The van der Waals surface area contributed by atoms with Crippen molar-refractivity contribution in [2.24, 2.45) is 0 Å². The Bertz CT molecular complexity index is 782. The van der Waals surface area contributed by atoms with Crippen LogP contribution in [0.1, 0.15) is 23.3 Å². The number of amides is 1. The van der Waals surface area contributed by atoms with Gasteiger partial charge in [-0.2, -0.15) is 5.10 Å². The van der Waals surface area contributed by atoms with Crippen LogP contribution in [0.2, 0.25) is 0 Å². The molecule has 1 N–H and O–H groups in total. The third-order valence-electron chi connectivity index (χ3n) is 4.04. The molecule has 1 aliphatic rings. The zero-order valence-electron chi connectivity index (χ0n) is 14.1.